The molecule has 0 amide bonds. The van der Waals surface area contributed by atoms with Crippen LogP contribution in [0.2, 0.25) is 0 Å². The van der Waals surface area contributed by atoms with Crippen LogP contribution in [-0.4, -0.2) is 34.6 Å². The number of rotatable bonds is 2. The fraction of sp³-hybridized carbons (Fsp3) is 0.833. The largest absolute Gasteiger partial charge is 0.393 e. The highest BCUT2D eigenvalue weighted by molar-refractivity contribution is 4.99. The molecule has 2 unspecified atom stereocenters. The van der Waals surface area contributed by atoms with E-state index in [1.807, 2.05) is 12.2 Å². The fourth-order valence-electron chi connectivity index (χ4n) is 2.32. The molecular weight excluding hydrogens is 192 g/mol. The molecule has 2 N–H and O–H groups in total. The Morgan fingerprint density at radius 2 is 1.60 bits per heavy atom. The van der Waals surface area contributed by atoms with E-state index in [2.05, 4.69) is 0 Å². The molecule has 3 nitrogen and oxygen atoms in total. The third-order valence-electron chi connectivity index (χ3n) is 3.31. The van der Waals surface area contributed by atoms with Crippen LogP contribution in [0.1, 0.15) is 38.5 Å². The third kappa shape index (κ3) is 3.30. The monoisotopic (exact) mass is 212 g/mol. The standard InChI is InChI=1S/C12H20O3/c13-9-1-5-11(6-2-9)15-12-7-3-10(14)4-8-12/h1,5,9-14H,2-4,6-8H2. The zero-order valence-corrected chi connectivity index (χ0v) is 9.01. The van der Waals surface area contributed by atoms with E-state index in [-0.39, 0.29) is 18.3 Å². The second-order valence-electron chi connectivity index (χ2n) is 4.63. The Morgan fingerprint density at radius 1 is 0.867 bits per heavy atom. The minimum absolute atomic E-state index is 0.117. The van der Waals surface area contributed by atoms with Crippen LogP contribution in [0.15, 0.2) is 12.2 Å². The Balaban J connectivity index is 1.75. The van der Waals surface area contributed by atoms with E-state index in [1.54, 1.807) is 0 Å². The Kier molecular flexibility index (Phi) is 3.78. The lowest BCUT2D eigenvalue weighted by molar-refractivity contribution is -0.0379. The van der Waals surface area contributed by atoms with E-state index >= 15 is 0 Å². The Labute approximate surface area is 90.8 Å². The van der Waals surface area contributed by atoms with Crippen molar-refractivity contribution in [3.05, 3.63) is 12.2 Å². The molecule has 0 aromatic rings. The number of ether oxygens (including phenoxy) is 1. The lowest BCUT2D eigenvalue weighted by atomic mass is 9.94. The van der Waals surface area contributed by atoms with Crippen molar-refractivity contribution in [2.75, 3.05) is 0 Å². The van der Waals surface area contributed by atoms with E-state index in [0.717, 1.165) is 38.5 Å². The molecule has 0 heterocycles. The van der Waals surface area contributed by atoms with E-state index in [4.69, 9.17) is 4.74 Å². The van der Waals surface area contributed by atoms with Crippen LogP contribution < -0.4 is 0 Å². The van der Waals surface area contributed by atoms with E-state index in [0.29, 0.717) is 6.10 Å². The molecular formula is C12H20O3. The van der Waals surface area contributed by atoms with Gasteiger partial charge in [-0.25, -0.2) is 0 Å². The number of hydrogen-bond acceptors (Lipinski definition) is 3. The zero-order valence-electron chi connectivity index (χ0n) is 9.01. The number of aliphatic hydroxyl groups is 2. The summed E-state index contributed by atoms with van der Waals surface area (Å²) in [4.78, 5) is 0. The van der Waals surface area contributed by atoms with Gasteiger partial charge in [0, 0.05) is 0 Å². The van der Waals surface area contributed by atoms with Crippen molar-refractivity contribution >= 4 is 0 Å². The number of aliphatic hydroxyl groups excluding tert-OH is 2. The highest BCUT2D eigenvalue weighted by Crippen LogP contribution is 2.24. The first kappa shape index (κ1) is 11.1. The summed E-state index contributed by atoms with van der Waals surface area (Å²) >= 11 is 0. The maximum Gasteiger partial charge on any atom is 0.0761 e. The lowest BCUT2D eigenvalue weighted by Gasteiger charge is -2.30. The van der Waals surface area contributed by atoms with E-state index in [1.165, 1.54) is 0 Å². The smallest absolute Gasteiger partial charge is 0.0761 e. The van der Waals surface area contributed by atoms with Crippen LogP contribution in [-0.2, 0) is 4.74 Å². The topological polar surface area (TPSA) is 49.7 Å². The van der Waals surface area contributed by atoms with Crippen molar-refractivity contribution in [1.29, 1.82) is 0 Å². The van der Waals surface area contributed by atoms with Gasteiger partial charge in [-0.15, -0.1) is 0 Å². The fourth-order valence-corrected chi connectivity index (χ4v) is 2.32. The quantitative estimate of drug-likeness (QED) is 0.680. The summed E-state index contributed by atoms with van der Waals surface area (Å²) in [5.41, 5.74) is 0. The summed E-state index contributed by atoms with van der Waals surface area (Å²) in [5, 5.41) is 18.7. The molecule has 0 saturated heterocycles. The van der Waals surface area contributed by atoms with Crippen molar-refractivity contribution in [1.82, 2.24) is 0 Å². The average molecular weight is 212 g/mol. The van der Waals surface area contributed by atoms with Crippen molar-refractivity contribution in [3.8, 4) is 0 Å². The van der Waals surface area contributed by atoms with Crippen molar-refractivity contribution in [2.45, 2.75) is 62.9 Å². The summed E-state index contributed by atoms with van der Waals surface area (Å²) in [7, 11) is 0. The second-order valence-corrected chi connectivity index (χ2v) is 4.63. The Morgan fingerprint density at radius 3 is 2.20 bits per heavy atom. The van der Waals surface area contributed by atoms with Crippen LogP contribution in [0.4, 0.5) is 0 Å². The summed E-state index contributed by atoms with van der Waals surface area (Å²) in [5.74, 6) is 0. The van der Waals surface area contributed by atoms with Gasteiger partial charge in [-0.1, -0.05) is 12.2 Å². The van der Waals surface area contributed by atoms with Gasteiger partial charge in [0.2, 0.25) is 0 Å². The van der Waals surface area contributed by atoms with Gasteiger partial charge >= 0.3 is 0 Å². The normalized spacial score (nSPS) is 41.7. The molecule has 15 heavy (non-hydrogen) atoms. The van der Waals surface area contributed by atoms with Crippen molar-refractivity contribution < 1.29 is 14.9 Å². The molecule has 0 bridgehead atoms. The van der Waals surface area contributed by atoms with Gasteiger partial charge in [0.1, 0.15) is 0 Å². The lowest BCUT2D eigenvalue weighted by Crippen LogP contribution is -2.29. The summed E-state index contributed by atoms with van der Waals surface area (Å²) in [6.45, 7) is 0. The van der Waals surface area contributed by atoms with Crippen LogP contribution >= 0.6 is 0 Å². The van der Waals surface area contributed by atoms with Gasteiger partial charge in [-0.3, -0.25) is 0 Å². The molecule has 1 fully saturated rings. The third-order valence-corrected chi connectivity index (χ3v) is 3.31. The molecule has 0 radical (unpaired) electrons. The van der Waals surface area contributed by atoms with Crippen molar-refractivity contribution in [2.24, 2.45) is 0 Å². The molecule has 0 aliphatic heterocycles. The van der Waals surface area contributed by atoms with E-state index < -0.39 is 0 Å². The van der Waals surface area contributed by atoms with Gasteiger partial charge in [0.15, 0.2) is 0 Å². The summed E-state index contributed by atoms with van der Waals surface area (Å²) in [6.07, 6.45) is 9.26. The summed E-state index contributed by atoms with van der Waals surface area (Å²) in [6, 6.07) is 0. The minimum Gasteiger partial charge on any atom is -0.393 e. The van der Waals surface area contributed by atoms with Gasteiger partial charge in [0.05, 0.1) is 24.4 Å². The predicted molar refractivity (Wildman–Crippen MR) is 57.5 cm³/mol. The average Bonchev–Trinajstić information content (AvgIpc) is 2.25. The molecule has 0 spiro atoms. The van der Waals surface area contributed by atoms with Crippen molar-refractivity contribution in [3.63, 3.8) is 0 Å². The Hall–Kier alpha value is -0.380. The second kappa shape index (κ2) is 5.10. The van der Waals surface area contributed by atoms with Gasteiger partial charge in [-0.2, -0.15) is 0 Å². The molecule has 2 atom stereocenters. The van der Waals surface area contributed by atoms with Gasteiger partial charge in [-0.05, 0) is 38.5 Å². The van der Waals surface area contributed by atoms with Gasteiger partial charge in [0.25, 0.3) is 0 Å². The first-order chi connectivity index (χ1) is 7.24. The van der Waals surface area contributed by atoms with Crippen LogP contribution in [0.25, 0.3) is 0 Å². The maximum atomic E-state index is 9.36. The molecule has 3 heteroatoms. The highest BCUT2D eigenvalue weighted by atomic mass is 16.5. The van der Waals surface area contributed by atoms with Crippen LogP contribution in [0.5, 0.6) is 0 Å². The molecule has 2 aliphatic rings. The molecule has 86 valence electrons. The summed E-state index contributed by atoms with van der Waals surface area (Å²) < 4.78 is 5.92. The van der Waals surface area contributed by atoms with Crippen LogP contribution in [0.3, 0.4) is 0 Å². The minimum atomic E-state index is -0.280. The molecule has 0 aromatic carbocycles. The maximum absolute atomic E-state index is 9.36. The molecule has 1 saturated carbocycles. The number of hydrogen-bond donors (Lipinski definition) is 2. The molecule has 2 aliphatic carbocycles. The van der Waals surface area contributed by atoms with Crippen LogP contribution in [0, 0.1) is 0 Å². The first-order valence-corrected chi connectivity index (χ1v) is 5.94. The van der Waals surface area contributed by atoms with Gasteiger partial charge < -0.3 is 14.9 Å². The highest BCUT2D eigenvalue weighted by Gasteiger charge is 2.23. The SMILES string of the molecule is OC1C=CC(OC2CCC(O)CC2)CC1. The molecule has 0 aromatic heterocycles. The first-order valence-electron chi connectivity index (χ1n) is 5.94. The predicted octanol–water partition coefficient (Wildman–Crippen LogP) is 1.39. The Bertz CT molecular complexity index is 219. The zero-order chi connectivity index (χ0) is 10.7. The van der Waals surface area contributed by atoms with E-state index in [9.17, 15) is 10.2 Å². The molecule has 2 rings (SSSR count).